The lowest BCUT2D eigenvalue weighted by atomic mass is 9.97. The third-order valence-electron chi connectivity index (χ3n) is 3.81. The lowest BCUT2D eigenvalue weighted by molar-refractivity contribution is -0.127. The van der Waals surface area contributed by atoms with E-state index in [0.717, 1.165) is 19.4 Å². The Bertz CT molecular complexity index is 503. The fourth-order valence-corrected chi connectivity index (χ4v) is 2.58. The van der Waals surface area contributed by atoms with Crippen LogP contribution >= 0.6 is 0 Å². The minimum absolute atomic E-state index is 0.170. The molecular weight excluding hydrogens is 274 g/mol. The Kier molecular flexibility index (Phi) is 5.44. The Hall–Kier alpha value is -1.75. The summed E-state index contributed by atoms with van der Waals surface area (Å²) >= 11 is 0. The van der Waals surface area contributed by atoms with Gasteiger partial charge in [-0.1, -0.05) is 6.07 Å². The van der Waals surface area contributed by atoms with Crippen molar-refractivity contribution < 1.29 is 13.6 Å². The predicted molar refractivity (Wildman–Crippen MR) is 78.6 cm³/mol. The fourth-order valence-electron chi connectivity index (χ4n) is 2.58. The number of carbonyl (C=O) groups is 1. The molecule has 1 saturated heterocycles. The normalized spacial score (nSPS) is 16.6. The monoisotopic (exact) mass is 294 g/mol. The van der Waals surface area contributed by atoms with Crippen LogP contribution in [0.5, 0.6) is 0 Å². The van der Waals surface area contributed by atoms with E-state index >= 15 is 0 Å². The van der Waals surface area contributed by atoms with Gasteiger partial charge in [0.2, 0.25) is 5.91 Å². The minimum Gasteiger partial charge on any atom is -0.339 e. The summed E-state index contributed by atoms with van der Waals surface area (Å²) in [6.07, 6.45) is 4.37. The topological polar surface area (TPSA) is 32.3 Å². The first-order chi connectivity index (χ1) is 10.1. The highest BCUT2D eigenvalue weighted by atomic mass is 19.1. The molecule has 2 rings (SSSR count). The minimum atomic E-state index is -0.660. The highest BCUT2D eigenvalue weighted by molar-refractivity contribution is 5.91. The Morgan fingerprint density at radius 3 is 2.52 bits per heavy atom. The maximum atomic E-state index is 13.5. The summed E-state index contributed by atoms with van der Waals surface area (Å²) < 4.78 is 26.9. The van der Waals surface area contributed by atoms with Crippen LogP contribution < -0.4 is 5.32 Å². The van der Waals surface area contributed by atoms with E-state index in [1.54, 1.807) is 4.90 Å². The van der Waals surface area contributed by atoms with Gasteiger partial charge in [0.25, 0.3) is 0 Å². The second kappa shape index (κ2) is 7.31. The highest BCUT2D eigenvalue weighted by Gasteiger charge is 2.21. The molecule has 0 spiro atoms. The van der Waals surface area contributed by atoms with Crippen LogP contribution in [0.2, 0.25) is 0 Å². The maximum Gasteiger partial charge on any atom is 0.246 e. The molecule has 3 nitrogen and oxygen atoms in total. The van der Waals surface area contributed by atoms with E-state index in [-0.39, 0.29) is 11.5 Å². The number of likely N-dealkylation sites (tertiary alicyclic amines) is 1. The zero-order valence-electron chi connectivity index (χ0n) is 12.1. The number of amides is 1. The lowest BCUT2D eigenvalue weighted by Gasteiger charge is -2.31. The molecule has 0 radical (unpaired) electrons. The SMILES string of the molecule is CNCC1CCN(C(=O)C=Cc2c(F)cccc2F)CC1. The number of benzene rings is 1. The third kappa shape index (κ3) is 4.11. The molecule has 0 unspecified atom stereocenters. The van der Waals surface area contributed by atoms with Crippen molar-refractivity contribution in [2.45, 2.75) is 12.8 Å². The summed E-state index contributed by atoms with van der Waals surface area (Å²) in [5, 5.41) is 3.14. The highest BCUT2D eigenvalue weighted by Crippen LogP contribution is 2.18. The first-order valence-electron chi connectivity index (χ1n) is 7.17. The Labute approximate surface area is 123 Å². The van der Waals surface area contributed by atoms with Crippen LogP contribution in [0.25, 0.3) is 6.08 Å². The average Bonchev–Trinajstić information content (AvgIpc) is 2.47. The fraction of sp³-hybridized carbons (Fsp3) is 0.438. The van der Waals surface area contributed by atoms with Crippen molar-refractivity contribution in [3.05, 3.63) is 41.5 Å². The van der Waals surface area contributed by atoms with E-state index < -0.39 is 11.6 Å². The molecule has 1 fully saturated rings. The van der Waals surface area contributed by atoms with Gasteiger partial charge in [0.05, 0.1) is 0 Å². The van der Waals surface area contributed by atoms with Crippen molar-refractivity contribution in [2.75, 3.05) is 26.7 Å². The van der Waals surface area contributed by atoms with Gasteiger partial charge in [0.1, 0.15) is 11.6 Å². The number of hydrogen-bond donors (Lipinski definition) is 1. The summed E-state index contributed by atoms with van der Waals surface area (Å²) in [7, 11) is 1.92. The van der Waals surface area contributed by atoms with E-state index in [1.807, 2.05) is 7.05 Å². The summed E-state index contributed by atoms with van der Waals surface area (Å²) in [4.78, 5) is 13.8. The third-order valence-corrected chi connectivity index (χ3v) is 3.81. The number of nitrogens with one attached hydrogen (secondary N) is 1. The van der Waals surface area contributed by atoms with E-state index in [9.17, 15) is 13.6 Å². The molecule has 1 aliphatic rings. The molecule has 0 aliphatic carbocycles. The zero-order valence-corrected chi connectivity index (χ0v) is 12.1. The number of carbonyl (C=O) groups excluding carboxylic acids is 1. The second-order valence-corrected chi connectivity index (χ2v) is 5.30. The first-order valence-corrected chi connectivity index (χ1v) is 7.17. The standard InChI is InChI=1S/C16H20F2N2O/c1-19-11-12-7-9-20(10-8-12)16(21)6-5-13-14(17)3-2-4-15(13)18/h2-6,12,19H,7-11H2,1H3. The molecule has 0 aromatic heterocycles. The van der Waals surface area contributed by atoms with Crippen molar-refractivity contribution in [1.29, 1.82) is 0 Å². The van der Waals surface area contributed by atoms with E-state index in [4.69, 9.17) is 0 Å². The van der Waals surface area contributed by atoms with E-state index in [1.165, 1.54) is 30.4 Å². The summed E-state index contributed by atoms with van der Waals surface area (Å²) in [6.45, 7) is 2.34. The van der Waals surface area contributed by atoms with Gasteiger partial charge in [0, 0.05) is 24.7 Å². The number of hydrogen-bond acceptors (Lipinski definition) is 2. The smallest absolute Gasteiger partial charge is 0.246 e. The van der Waals surface area contributed by atoms with Crippen LogP contribution in [0.1, 0.15) is 18.4 Å². The van der Waals surface area contributed by atoms with Gasteiger partial charge in [0.15, 0.2) is 0 Å². The molecular formula is C16H20F2N2O. The molecule has 5 heteroatoms. The van der Waals surface area contributed by atoms with Crippen molar-refractivity contribution in [2.24, 2.45) is 5.92 Å². The molecule has 0 bridgehead atoms. The summed E-state index contributed by atoms with van der Waals surface area (Å²) in [5.41, 5.74) is -0.170. The van der Waals surface area contributed by atoms with Gasteiger partial charge in [-0.05, 0) is 50.6 Å². The van der Waals surface area contributed by atoms with Crippen LogP contribution in [0.15, 0.2) is 24.3 Å². The molecule has 1 heterocycles. The molecule has 1 amide bonds. The number of piperidine rings is 1. The van der Waals surface area contributed by atoms with Crippen LogP contribution in [-0.4, -0.2) is 37.5 Å². The van der Waals surface area contributed by atoms with E-state index in [0.29, 0.717) is 19.0 Å². The Morgan fingerprint density at radius 2 is 1.95 bits per heavy atom. The van der Waals surface area contributed by atoms with Gasteiger partial charge in [-0.2, -0.15) is 0 Å². The molecule has 114 valence electrons. The van der Waals surface area contributed by atoms with Crippen LogP contribution in [0.3, 0.4) is 0 Å². The van der Waals surface area contributed by atoms with Gasteiger partial charge in [-0.3, -0.25) is 4.79 Å². The Balaban J connectivity index is 1.95. The van der Waals surface area contributed by atoms with Crippen LogP contribution in [0.4, 0.5) is 8.78 Å². The van der Waals surface area contributed by atoms with Gasteiger partial charge in [-0.25, -0.2) is 8.78 Å². The molecule has 0 saturated carbocycles. The molecule has 0 atom stereocenters. The van der Waals surface area contributed by atoms with E-state index in [2.05, 4.69) is 5.32 Å². The number of rotatable bonds is 4. The molecule has 1 aromatic rings. The van der Waals surface area contributed by atoms with Gasteiger partial charge < -0.3 is 10.2 Å². The molecule has 1 aliphatic heterocycles. The number of halogens is 2. The quantitative estimate of drug-likeness (QED) is 0.865. The number of nitrogens with zero attached hydrogens (tertiary/aromatic N) is 1. The lowest BCUT2D eigenvalue weighted by Crippen LogP contribution is -2.39. The van der Waals surface area contributed by atoms with Crippen molar-refractivity contribution in [3.63, 3.8) is 0 Å². The second-order valence-electron chi connectivity index (χ2n) is 5.30. The summed E-state index contributed by atoms with van der Waals surface area (Å²) in [5.74, 6) is -0.925. The van der Waals surface area contributed by atoms with Crippen molar-refractivity contribution >= 4 is 12.0 Å². The van der Waals surface area contributed by atoms with Crippen LogP contribution in [0, 0.1) is 17.6 Å². The average molecular weight is 294 g/mol. The zero-order chi connectivity index (χ0) is 15.2. The maximum absolute atomic E-state index is 13.5. The molecule has 21 heavy (non-hydrogen) atoms. The first kappa shape index (κ1) is 15.6. The largest absolute Gasteiger partial charge is 0.339 e. The Morgan fingerprint density at radius 1 is 1.33 bits per heavy atom. The van der Waals surface area contributed by atoms with Gasteiger partial charge in [-0.15, -0.1) is 0 Å². The van der Waals surface area contributed by atoms with Crippen molar-refractivity contribution in [3.8, 4) is 0 Å². The molecule has 1 N–H and O–H groups in total. The van der Waals surface area contributed by atoms with Gasteiger partial charge >= 0.3 is 0 Å². The summed E-state index contributed by atoms with van der Waals surface area (Å²) in [6, 6.07) is 3.66. The van der Waals surface area contributed by atoms with Crippen molar-refractivity contribution in [1.82, 2.24) is 10.2 Å². The predicted octanol–water partition coefficient (Wildman–Crippen LogP) is 2.44. The molecule has 1 aromatic carbocycles. The van der Waals surface area contributed by atoms with Crippen LogP contribution in [-0.2, 0) is 4.79 Å².